The number of carbonyl (C=O) groups is 1. The number of aromatic nitrogens is 1. The lowest BCUT2D eigenvalue weighted by Crippen LogP contribution is -2.17. The first-order valence-electron chi connectivity index (χ1n) is 7.93. The Balaban J connectivity index is 1.68. The molecule has 0 aliphatic heterocycles. The maximum atomic E-state index is 12.3. The van der Waals surface area contributed by atoms with Gasteiger partial charge in [0.15, 0.2) is 24.8 Å². The standard InChI is InChI=1S/C17H15ClN2O5S3/c1-27(22,23)13-6-7-14-15(10-13)26-17(19-14)20-16(21)8-9-28(24,25)12-4-2-11(18)3-5-12/h2-7,10H,8-9H2,1H3,(H,19,20,21). The first-order valence-corrected chi connectivity index (χ1v) is 12.7. The summed E-state index contributed by atoms with van der Waals surface area (Å²) < 4.78 is 48.4. The lowest BCUT2D eigenvalue weighted by molar-refractivity contribution is -0.115. The van der Waals surface area contributed by atoms with E-state index in [9.17, 15) is 21.6 Å². The topological polar surface area (TPSA) is 110 Å². The molecule has 7 nitrogen and oxygen atoms in total. The Hall–Kier alpha value is -2.01. The molecule has 1 aromatic heterocycles. The highest BCUT2D eigenvalue weighted by molar-refractivity contribution is 7.91. The number of rotatable bonds is 6. The molecule has 0 aliphatic carbocycles. The Labute approximate surface area is 171 Å². The van der Waals surface area contributed by atoms with Crippen molar-refractivity contribution in [2.75, 3.05) is 17.3 Å². The summed E-state index contributed by atoms with van der Waals surface area (Å²) in [6, 6.07) is 10.2. The van der Waals surface area contributed by atoms with Gasteiger partial charge in [-0.25, -0.2) is 21.8 Å². The van der Waals surface area contributed by atoms with Gasteiger partial charge in [0.05, 0.1) is 25.8 Å². The van der Waals surface area contributed by atoms with Gasteiger partial charge in [0.1, 0.15) is 0 Å². The van der Waals surface area contributed by atoms with Gasteiger partial charge in [-0.2, -0.15) is 0 Å². The number of benzene rings is 2. The molecule has 1 heterocycles. The highest BCUT2D eigenvalue weighted by atomic mass is 35.5. The molecule has 1 amide bonds. The first kappa shape index (κ1) is 20.7. The van der Waals surface area contributed by atoms with E-state index in [4.69, 9.17) is 11.6 Å². The zero-order valence-electron chi connectivity index (χ0n) is 14.5. The average molecular weight is 459 g/mol. The fraction of sp³-hybridized carbons (Fsp3) is 0.176. The average Bonchev–Trinajstić information content (AvgIpc) is 3.01. The SMILES string of the molecule is CS(=O)(=O)c1ccc2nc(NC(=O)CCS(=O)(=O)c3ccc(Cl)cc3)sc2c1. The van der Waals surface area contributed by atoms with Crippen LogP contribution in [-0.4, -0.2) is 39.7 Å². The minimum atomic E-state index is -3.61. The lowest BCUT2D eigenvalue weighted by atomic mass is 10.3. The number of fused-ring (bicyclic) bond motifs is 1. The molecule has 3 rings (SSSR count). The van der Waals surface area contributed by atoms with E-state index in [1.54, 1.807) is 6.07 Å². The molecule has 2 aromatic carbocycles. The summed E-state index contributed by atoms with van der Waals surface area (Å²) in [4.78, 5) is 16.6. The summed E-state index contributed by atoms with van der Waals surface area (Å²) in [5, 5.41) is 3.25. The van der Waals surface area contributed by atoms with Gasteiger partial charge >= 0.3 is 0 Å². The predicted octanol–water partition coefficient (Wildman–Crippen LogP) is 3.16. The minimum absolute atomic E-state index is 0.0954. The molecular weight excluding hydrogens is 444 g/mol. The third kappa shape index (κ3) is 4.88. The maximum Gasteiger partial charge on any atom is 0.227 e. The van der Waals surface area contributed by atoms with Crippen LogP contribution in [0.4, 0.5) is 5.13 Å². The molecule has 0 unspecified atom stereocenters. The Bertz CT molecular complexity index is 1250. The van der Waals surface area contributed by atoms with Crippen molar-refractivity contribution < 1.29 is 21.6 Å². The molecule has 11 heteroatoms. The van der Waals surface area contributed by atoms with Crippen molar-refractivity contribution in [2.45, 2.75) is 16.2 Å². The third-order valence-corrected chi connectivity index (χ3v) is 7.83. The molecule has 1 N–H and O–H groups in total. The van der Waals surface area contributed by atoms with Crippen LogP contribution >= 0.6 is 22.9 Å². The number of sulfone groups is 2. The van der Waals surface area contributed by atoms with E-state index in [0.717, 1.165) is 17.6 Å². The van der Waals surface area contributed by atoms with Crippen molar-refractivity contribution in [1.29, 1.82) is 0 Å². The Kier molecular flexibility index (Phi) is 5.76. The molecule has 148 valence electrons. The van der Waals surface area contributed by atoms with E-state index in [1.165, 1.54) is 36.4 Å². The van der Waals surface area contributed by atoms with Crippen LogP contribution in [0, 0.1) is 0 Å². The monoisotopic (exact) mass is 458 g/mol. The van der Waals surface area contributed by atoms with Gasteiger partial charge in [-0.3, -0.25) is 4.79 Å². The number of nitrogens with one attached hydrogen (secondary N) is 1. The fourth-order valence-corrected chi connectivity index (χ4v) is 5.37. The molecule has 28 heavy (non-hydrogen) atoms. The summed E-state index contributed by atoms with van der Waals surface area (Å²) >= 11 is 6.87. The summed E-state index contributed by atoms with van der Waals surface area (Å²) in [5.41, 5.74) is 0.543. The maximum absolute atomic E-state index is 12.3. The largest absolute Gasteiger partial charge is 0.302 e. The van der Waals surface area contributed by atoms with Crippen molar-refractivity contribution >= 4 is 63.9 Å². The second-order valence-electron chi connectivity index (χ2n) is 5.99. The number of nitrogens with zero attached hydrogens (tertiary/aromatic N) is 1. The Morgan fingerprint density at radius 3 is 2.36 bits per heavy atom. The van der Waals surface area contributed by atoms with Gasteiger partial charge in [-0.1, -0.05) is 22.9 Å². The molecule has 0 atom stereocenters. The van der Waals surface area contributed by atoms with Crippen LogP contribution in [-0.2, 0) is 24.5 Å². The van der Waals surface area contributed by atoms with Gasteiger partial charge < -0.3 is 5.32 Å². The normalized spacial score (nSPS) is 12.2. The zero-order chi connectivity index (χ0) is 20.5. The van der Waals surface area contributed by atoms with Crippen LogP contribution in [0.15, 0.2) is 52.3 Å². The molecule has 3 aromatic rings. The predicted molar refractivity (Wildman–Crippen MR) is 109 cm³/mol. The Morgan fingerprint density at radius 2 is 1.71 bits per heavy atom. The molecule has 0 spiro atoms. The lowest BCUT2D eigenvalue weighted by Gasteiger charge is -2.04. The highest BCUT2D eigenvalue weighted by Crippen LogP contribution is 2.28. The van der Waals surface area contributed by atoms with Crippen LogP contribution < -0.4 is 5.32 Å². The number of anilines is 1. The van der Waals surface area contributed by atoms with Crippen LogP contribution in [0.5, 0.6) is 0 Å². The van der Waals surface area contributed by atoms with Crippen LogP contribution in [0.2, 0.25) is 5.02 Å². The Morgan fingerprint density at radius 1 is 1.07 bits per heavy atom. The third-order valence-electron chi connectivity index (χ3n) is 3.81. The van der Waals surface area contributed by atoms with Gasteiger partial charge in [0.25, 0.3) is 0 Å². The molecule has 0 aliphatic rings. The summed E-state index contributed by atoms with van der Waals surface area (Å²) in [6.07, 6.45) is 0.870. The summed E-state index contributed by atoms with van der Waals surface area (Å²) in [5.74, 6) is -0.858. The second kappa shape index (κ2) is 7.78. The van der Waals surface area contributed by atoms with E-state index in [-0.39, 0.29) is 27.1 Å². The van der Waals surface area contributed by atoms with Crippen molar-refractivity contribution in [3.63, 3.8) is 0 Å². The van der Waals surface area contributed by atoms with Crippen molar-refractivity contribution in [1.82, 2.24) is 4.98 Å². The molecule has 0 radical (unpaired) electrons. The number of carbonyl (C=O) groups excluding carboxylic acids is 1. The fourth-order valence-electron chi connectivity index (χ4n) is 2.36. The van der Waals surface area contributed by atoms with Crippen molar-refractivity contribution in [3.8, 4) is 0 Å². The van der Waals surface area contributed by atoms with Gasteiger partial charge in [0, 0.05) is 17.7 Å². The molecule has 0 saturated heterocycles. The number of hydrogen-bond acceptors (Lipinski definition) is 7. The minimum Gasteiger partial charge on any atom is -0.302 e. The van der Waals surface area contributed by atoms with E-state index in [0.29, 0.717) is 15.2 Å². The quantitative estimate of drug-likeness (QED) is 0.607. The molecule has 0 fully saturated rings. The van der Waals surface area contributed by atoms with E-state index in [2.05, 4.69) is 10.3 Å². The summed E-state index contributed by atoms with van der Waals surface area (Å²) in [7, 11) is -6.96. The number of hydrogen-bond donors (Lipinski definition) is 1. The molecule has 0 bridgehead atoms. The smallest absolute Gasteiger partial charge is 0.227 e. The molecule has 0 saturated carbocycles. The van der Waals surface area contributed by atoms with Crippen molar-refractivity contribution in [2.24, 2.45) is 0 Å². The number of amides is 1. The van der Waals surface area contributed by atoms with Crippen LogP contribution in [0.25, 0.3) is 10.2 Å². The van der Waals surface area contributed by atoms with Crippen LogP contribution in [0.3, 0.4) is 0 Å². The van der Waals surface area contributed by atoms with E-state index in [1.807, 2.05) is 0 Å². The van der Waals surface area contributed by atoms with Crippen LogP contribution in [0.1, 0.15) is 6.42 Å². The summed E-state index contributed by atoms with van der Waals surface area (Å²) in [6.45, 7) is 0. The van der Waals surface area contributed by atoms with E-state index < -0.39 is 25.6 Å². The first-order chi connectivity index (χ1) is 13.0. The molecular formula is C17H15ClN2O5S3. The number of halogens is 1. The zero-order valence-corrected chi connectivity index (χ0v) is 17.8. The second-order valence-corrected chi connectivity index (χ2v) is 11.6. The van der Waals surface area contributed by atoms with E-state index >= 15 is 0 Å². The van der Waals surface area contributed by atoms with Crippen molar-refractivity contribution in [3.05, 3.63) is 47.5 Å². The van der Waals surface area contributed by atoms with Gasteiger partial charge in [-0.15, -0.1) is 0 Å². The highest BCUT2D eigenvalue weighted by Gasteiger charge is 2.17. The van der Waals surface area contributed by atoms with Gasteiger partial charge in [0.2, 0.25) is 5.91 Å². The number of thiazole rings is 1. The van der Waals surface area contributed by atoms with Gasteiger partial charge in [-0.05, 0) is 42.5 Å².